The van der Waals surface area contributed by atoms with Crippen LogP contribution < -0.4 is 5.73 Å². The maximum atomic E-state index is 13.0. The van der Waals surface area contributed by atoms with Gasteiger partial charge in [-0.1, -0.05) is 0 Å². The van der Waals surface area contributed by atoms with Crippen molar-refractivity contribution < 1.29 is 13.6 Å². The molecule has 0 aliphatic rings. The van der Waals surface area contributed by atoms with Crippen molar-refractivity contribution in [3.05, 3.63) is 32.9 Å². The van der Waals surface area contributed by atoms with Crippen LogP contribution in [0.1, 0.15) is 10.4 Å². The highest BCUT2D eigenvalue weighted by molar-refractivity contribution is 14.1. The van der Waals surface area contributed by atoms with E-state index in [9.17, 15) is 13.6 Å². The van der Waals surface area contributed by atoms with E-state index in [1.165, 1.54) is 12.1 Å². The molecule has 0 atom stereocenters. The number of Topliss-reactive ketones (excluding diaryl/α,β-unsaturated/α-hetero) is 1. The lowest BCUT2D eigenvalue weighted by molar-refractivity contribution is 0.0996. The normalized spacial score (nSPS) is 10.2. The second-order valence-corrected chi connectivity index (χ2v) is 3.51. The first-order valence-corrected chi connectivity index (χ1v) is 4.52. The highest BCUT2D eigenvalue weighted by atomic mass is 127. The van der Waals surface area contributed by atoms with Crippen LogP contribution in [-0.4, -0.2) is 12.3 Å². The van der Waals surface area contributed by atoms with E-state index in [1.54, 1.807) is 22.6 Å². The van der Waals surface area contributed by atoms with Gasteiger partial charge in [-0.3, -0.25) is 4.79 Å². The van der Waals surface area contributed by atoms with E-state index in [1.807, 2.05) is 0 Å². The Kier molecular flexibility index (Phi) is 3.32. The first kappa shape index (κ1) is 10.5. The van der Waals surface area contributed by atoms with Crippen molar-refractivity contribution in [2.45, 2.75) is 0 Å². The number of rotatable bonds is 2. The molecule has 1 rings (SSSR count). The lowest BCUT2D eigenvalue weighted by Gasteiger charge is -2.02. The van der Waals surface area contributed by atoms with Gasteiger partial charge in [-0.2, -0.15) is 0 Å². The third-order valence-corrected chi connectivity index (χ3v) is 2.35. The summed E-state index contributed by atoms with van der Waals surface area (Å²) in [5.74, 6) is -2.73. The molecule has 0 radical (unpaired) electrons. The largest absolute Gasteiger partial charge is 0.324 e. The van der Waals surface area contributed by atoms with Crippen LogP contribution in [0.4, 0.5) is 8.78 Å². The molecule has 0 aromatic heterocycles. The van der Waals surface area contributed by atoms with Gasteiger partial charge in [-0.25, -0.2) is 8.78 Å². The molecule has 70 valence electrons. The molecule has 1 aromatic carbocycles. The number of hydrogen-bond donors (Lipinski definition) is 1. The van der Waals surface area contributed by atoms with Crippen LogP contribution >= 0.6 is 22.6 Å². The van der Waals surface area contributed by atoms with Crippen molar-refractivity contribution in [2.75, 3.05) is 6.54 Å². The molecule has 0 aliphatic carbocycles. The quantitative estimate of drug-likeness (QED) is 0.513. The Morgan fingerprint density at radius 1 is 1.38 bits per heavy atom. The molecule has 2 nitrogen and oxygen atoms in total. The van der Waals surface area contributed by atoms with Gasteiger partial charge in [0.2, 0.25) is 0 Å². The Balaban J connectivity index is 3.26. The number of benzene rings is 1. The Bertz CT molecular complexity index is 354. The van der Waals surface area contributed by atoms with Crippen LogP contribution in [0.3, 0.4) is 0 Å². The van der Waals surface area contributed by atoms with Crippen molar-refractivity contribution >= 4 is 28.4 Å². The van der Waals surface area contributed by atoms with Crippen molar-refractivity contribution in [3.8, 4) is 0 Å². The molecule has 0 spiro atoms. The van der Waals surface area contributed by atoms with Gasteiger partial charge in [0, 0.05) is 0 Å². The third-order valence-electron chi connectivity index (χ3n) is 1.52. The Labute approximate surface area is 87.3 Å². The summed E-state index contributed by atoms with van der Waals surface area (Å²) in [5, 5.41) is 0. The minimum absolute atomic E-state index is 0.142. The lowest BCUT2D eigenvalue weighted by atomic mass is 10.1. The van der Waals surface area contributed by atoms with Gasteiger partial charge in [0.1, 0.15) is 0 Å². The third kappa shape index (κ3) is 2.02. The molecule has 5 heteroatoms. The summed E-state index contributed by atoms with van der Waals surface area (Å²) in [5.41, 5.74) is 4.73. The fourth-order valence-corrected chi connectivity index (χ4v) is 1.27. The Morgan fingerprint density at radius 2 is 2.00 bits per heavy atom. The van der Waals surface area contributed by atoms with Gasteiger partial charge >= 0.3 is 0 Å². The first-order chi connectivity index (χ1) is 6.07. The maximum Gasteiger partial charge on any atom is 0.179 e. The summed E-state index contributed by atoms with van der Waals surface area (Å²) in [6, 6.07) is 2.57. The molecule has 0 heterocycles. The van der Waals surface area contributed by atoms with E-state index in [0.29, 0.717) is 0 Å². The van der Waals surface area contributed by atoms with Crippen LogP contribution in [0.2, 0.25) is 0 Å². The van der Waals surface area contributed by atoms with Crippen LogP contribution in [0.15, 0.2) is 12.1 Å². The van der Waals surface area contributed by atoms with E-state index in [-0.39, 0.29) is 15.7 Å². The standard InChI is InChI=1S/C8H6F2INO/c9-7-4(6(13)3-12)1-2-5(11)8(7)10/h1-2H,3,12H2. The zero-order chi connectivity index (χ0) is 10.0. The topological polar surface area (TPSA) is 43.1 Å². The van der Waals surface area contributed by atoms with Gasteiger partial charge in [-0.15, -0.1) is 0 Å². The highest BCUT2D eigenvalue weighted by Gasteiger charge is 2.15. The summed E-state index contributed by atoms with van der Waals surface area (Å²) in [6.45, 7) is -0.322. The number of carbonyl (C=O) groups excluding carboxylic acids is 1. The molecular formula is C8H6F2INO. The highest BCUT2D eigenvalue weighted by Crippen LogP contribution is 2.17. The van der Waals surface area contributed by atoms with E-state index in [4.69, 9.17) is 5.73 Å². The van der Waals surface area contributed by atoms with E-state index in [2.05, 4.69) is 0 Å². The van der Waals surface area contributed by atoms with Crippen LogP contribution in [0.25, 0.3) is 0 Å². The van der Waals surface area contributed by atoms with Gasteiger partial charge in [0.25, 0.3) is 0 Å². The summed E-state index contributed by atoms with van der Waals surface area (Å²) < 4.78 is 26.1. The van der Waals surface area contributed by atoms with E-state index in [0.717, 1.165) is 0 Å². The van der Waals surface area contributed by atoms with Crippen molar-refractivity contribution in [1.82, 2.24) is 0 Å². The lowest BCUT2D eigenvalue weighted by Crippen LogP contribution is -2.16. The number of hydrogen-bond acceptors (Lipinski definition) is 2. The van der Waals surface area contributed by atoms with E-state index >= 15 is 0 Å². The summed E-state index contributed by atoms with van der Waals surface area (Å²) in [7, 11) is 0. The molecule has 0 bridgehead atoms. The van der Waals surface area contributed by atoms with E-state index < -0.39 is 17.4 Å². The monoisotopic (exact) mass is 297 g/mol. The number of ketones is 1. The molecule has 0 aliphatic heterocycles. The van der Waals surface area contributed by atoms with Crippen molar-refractivity contribution in [2.24, 2.45) is 5.73 Å². The summed E-state index contributed by atoms with van der Waals surface area (Å²) >= 11 is 1.64. The molecule has 13 heavy (non-hydrogen) atoms. The molecule has 2 N–H and O–H groups in total. The minimum atomic E-state index is -1.12. The molecular weight excluding hydrogens is 291 g/mol. The second-order valence-electron chi connectivity index (χ2n) is 2.35. The summed E-state index contributed by atoms with van der Waals surface area (Å²) in [4.78, 5) is 11.0. The average Bonchev–Trinajstić information content (AvgIpc) is 2.13. The average molecular weight is 297 g/mol. The van der Waals surface area contributed by atoms with Crippen LogP contribution in [-0.2, 0) is 0 Å². The zero-order valence-corrected chi connectivity index (χ0v) is 8.64. The van der Waals surface area contributed by atoms with Gasteiger partial charge in [0.15, 0.2) is 17.4 Å². The number of halogens is 3. The van der Waals surface area contributed by atoms with Gasteiger partial charge in [-0.05, 0) is 34.7 Å². The second kappa shape index (κ2) is 4.10. The molecule has 1 aromatic rings. The minimum Gasteiger partial charge on any atom is -0.324 e. The predicted octanol–water partition coefficient (Wildman–Crippen LogP) is 1.71. The van der Waals surface area contributed by atoms with Crippen LogP contribution in [0.5, 0.6) is 0 Å². The van der Waals surface area contributed by atoms with Gasteiger partial charge in [0.05, 0.1) is 15.7 Å². The number of carbonyl (C=O) groups is 1. The molecule has 0 saturated heterocycles. The van der Waals surface area contributed by atoms with Crippen molar-refractivity contribution in [1.29, 1.82) is 0 Å². The molecule has 0 saturated carbocycles. The summed E-state index contributed by atoms with van der Waals surface area (Å²) in [6.07, 6.45) is 0. The molecule has 0 amide bonds. The fraction of sp³-hybridized carbons (Fsp3) is 0.125. The smallest absolute Gasteiger partial charge is 0.179 e. The van der Waals surface area contributed by atoms with Crippen molar-refractivity contribution in [3.63, 3.8) is 0 Å². The fourth-order valence-electron chi connectivity index (χ4n) is 0.851. The first-order valence-electron chi connectivity index (χ1n) is 3.44. The Hall–Kier alpha value is -0.560. The maximum absolute atomic E-state index is 13.0. The SMILES string of the molecule is NCC(=O)c1ccc(I)c(F)c1F. The van der Waals surface area contributed by atoms with Gasteiger partial charge < -0.3 is 5.73 Å². The zero-order valence-electron chi connectivity index (χ0n) is 6.48. The number of nitrogens with two attached hydrogens (primary N) is 1. The molecule has 0 unspecified atom stereocenters. The molecule has 0 fully saturated rings. The predicted molar refractivity (Wildman–Crippen MR) is 52.5 cm³/mol. The van der Waals surface area contributed by atoms with Crippen LogP contribution in [0, 0.1) is 15.2 Å². The Morgan fingerprint density at radius 3 is 2.54 bits per heavy atom.